The van der Waals surface area contributed by atoms with E-state index >= 15 is 0 Å². The molecule has 41 heavy (non-hydrogen) atoms. The zero-order chi connectivity index (χ0) is 30.6. The van der Waals surface area contributed by atoms with Crippen LogP contribution in [0.15, 0.2) is 22.0 Å². The molecule has 1 heterocycles. The minimum absolute atomic E-state index is 0.0455. The first-order valence-electron chi connectivity index (χ1n) is 13.9. The molecular formula is C27H45N5O8S. The van der Waals surface area contributed by atoms with Gasteiger partial charge in [0.15, 0.2) is 17.5 Å². The minimum Gasteiger partial charge on any atom is -0.493 e. The standard InChI is InChI=1S/C27H45N5O8S/c1-6-8-16-40-23-21(37-4)11-12-22(24(23)38-5)41(35,36)31-19(10-9-14-30-27(28)29)25(33)32-15-13-18(3)17-20(32)26(34)39-7-2/h11-12,18-20,31H,6-10,13-17H2,1-5H3,(H4,28,29,30)/t18?,19-,20?/m0/s1. The van der Waals surface area contributed by atoms with Gasteiger partial charge >= 0.3 is 5.97 Å². The average Bonchev–Trinajstić information content (AvgIpc) is 2.93. The Labute approximate surface area is 243 Å². The highest BCUT2D eigenvalue weighted by atomic mass is 32.2. The van der Waals surface area contributed by atoms with Crippen LogP contribution in [0.5, 0.6) is 17.2 Å². The van der Waals surface area contributed by atoms with E-state index in [2.05, 4.69) is 9.71 Å². The highest BCUT2D eigenvalue weighted by Gasteiger charge is 2.40. The molecule has 13 nitrogen and oxygen atoms in total. The van der Waals surface area contributed by atoms with E-state index < -0.39 is 34.0 Å². The van der Waals surface area contributed by atoms with Gasteiger partial charge in [-0.25, -0.2) is 13.2 Å². The summed E-state index contributed by atoms with van der Waals surface area (Å²) in [6.07, 6.45) is 3.08. The number of nitrogens with zero attached hydrogens (tertiary/aromatic N) is 2. The molecule has 0 radical (unpaired) electrons. The molecule has 1 fully saturated rings. The Morgan fingerprint density at radius 2 is 1.88 bits per heavy atom. The fraction of sp³-hybridized carbons (Fsp3) is 0.667. The van der Waals surface area contributed by atoms with Gasteiger partial charge < -0.3 is 35.3 Å². The Kier molecular flexibility index (Phi) is 13.5. The second-order valence-electron chi connectivity index (χ2n) is 9.88. The Morgan fingerprint density at radius 1 is 1.15 bits per heavy atom. The molecule has 232 valence electrons. The van der Waals surface area contributed by atoms with Crippen LogP contribution in [0.2, 0.25) is 0 Å². The van der Waals surface area contributed by atoms with E-state index in [4.69, 9.17) is 30.4 Å². The summed E-state index contributed by atoms with van der Waals surface area (Å²) < 4.78 is 52.0. The Balaban J connectivity index is 2.46. The van der Waals surface area contributed by atoms with Gasteiger partial charge in [0.1, 0.15) is 17.0 Å². The number of aliphatic imine (C=N–C) groups is 1. The van der Waals surface area contributed by atoms with Crippen LogP contribution in [-0.4, -0.2) is 83.8 Å². The third-order valence-electron chi connectivity index (χ3n) is 6.74. The third-order valence-corrected chi connectivity index (χ3v) is 8.24. The van der Waals surface area contributed by atoms with Crippen LogP contribution in [-0.2, 0) is 24.3 Å². The topological polar surface area (TPSA) is 185 Å². The SMILES string of the molecule is CCCCOc1c(OC)ccc(S(=O)(=O)N[C@@H](CCCN=C(N)N)C(=O)N2CCC(C)CC2C(=O)OCC)c1OC. The van der Waals surface area contributed by atoms with E-state index in [1.807, 2.05) is 13.8 Å². The van der Waals surface area contributed by atoms with Crippen molar-refractivity contribution in [2.75, 3.05) is 40.5 Å². The molecule has 0 aliphatic carbocycles. The first-order chi connectivity index (χ1) is 19.5. The van der Waals surface area contributed by atoms with Crippen molar-refractivity contribution in [2.45, 2.75) is 76.3 Å². The lowest BCUT2D eigenvalue weighted by molar-refractivity contribution is -0.158. The van der Waals surface area contributed by atoms with Gasteiger partial charge in [-0.05, 0) is 57.1 Å². The van der Waals surface area contributed by atoms with Crippen molar-refractivity contribution in [1.29, 1.82) is 0 Å². The normalized spacial score (nSPS) is 17.8. The molecule has 0 spiro atoms. The maximum absolute atomic E-state index is 13.9. The second kappa shape index (κ2) is 16.2. The van der Waals surface area contributed by atoms with Crippen molar-refractivity contribution < 1.29 is 37.0 Å². The van der Waals surface area contributed by atoms with Crippen molar-refractivity contribution in [3.63, 3.8) is 0 Å². The summed E-state index contributed by atoms with van der Waals surface area (Å²) in [6.45, 7) is 6.67. The number of unbranched alkanes of at least 4 members (excludes halogenated alkanes) is 1. The number of methoxy groups -OCH3 is 2. The Bertz CT molecular complexity index is 1160. The van der Waals surface area contributed by atoms with Crippen molar-refractivity contribution in [3.05, 3.63) is 12.1 Å². The summed E-state index contributed by atoms with van der Waals surface area (Å²) in [5.74, 6) is -0.554. The highest BCUT2D eigenvalue weighted by Crippen LogP contribution is 2.42. The van der Waals surface area contributed by atoms with Gasteiger partial charge in [-0.3, -0.25) is 9.79 Å². The predicted molar refractivity (Wildman–Crippen MR) is 155 cm³/mol. The highest BCUT2D eigenvalue weighted by molar-refractivity contribution is 7.89. The van der Waals surface area contributed by atoms with Crippen molar-refractivity contribution in [3.8, 4) is 17.2 Å². The van der Waals surface area contributed by atoms with E-state index in [0.717, 1.165) is 12.8 Å². The van der Waals surface area contributed by atoms with E-state index in [9.17, 15) is 18.0 Å². The van der Waals surface area contributed by atoms with Crippen LogP contribution in [0, 0.1) is 5.92 Å². The number of likely N-dealkylation sites (tertiary alicyclic amines) is 1. The third kappa shape index (κ3) is 9.38. The summed E-state index contributed by atoms with van der Waals surface area (Å²) in [4.78, 5) is 31.8. The average molecular weight is 600 g/mol. The second-order valence-corrected chi connectivity index (χ2v) is 11.6. The molecule has 2 rings (SSSR count). The quantitative estimate of drug-likeness (QED) is 0.109. The molecule has 1 saturated heterocycles. The number of amides is 1. The molecule has 1 aliphatic rings. The molecule has 1 aromatic rings. The van der Waals surface area contributed by atoms with Gasteiger partial charge in [-0.1, -0.05) is 20.3 Å². The Hall–Kier alpha value is -3.26. The monoisotopic (exact) mass is 599 g/mol. The number of rotatable bonds is 16. The molecule has 1 amide bonds. The first kappa shape index (κ1) is 33.9. The number of nitrogens with one attached hydrogen (secondary N) is 1. The van der Waals surface area contributed by atoms with E-state index in [0.29, 0.717) is 31.6 Å². The number of benzene rings is 1. The number of sulfonamides is 1. The van der Waals surface area contributed by atoms with Gasteiger partial charge in [0.2, 0.25) is 21.7 Å². The van der Waals surface area contributed by atoms with E-state index in [1.165, 1.54) is 31.3 Å². The van der Waals surface area contributed by atoms with Crippen molar-refractivity contribution in [1.82, 2.24) is 9.62 Å². The molecule has 0 saturated carbocycles. The number of ether oxygens (including phenoxy) is 4. The van der Waals surface area contributed by atoms with Crippen LogP contribution >= 0.6 is 0 Å². The number of esters is 1. The van der Waals surface area contributed by atoms with Gasteiger partial charge in [0.25, 0.3) is 0 Å². The molecule has 0 aromatic heterocycles. The first-order valence-corrected chi connectivity index (χ1v) is 15.4. The lowest BCUT2D eigenvalue weighted by atomic mass is 9.91. The largest absolute Gasteiger partial charge is 0.493 e. The van der Waals surface area contributed by atoms with Crippen LogP contribution in [0.4, 0.5) is 0 Å². The molecule has 2 unspecified atom stereocenters. The molecule has 1 aliphatic heterocycles. The Morgan fingerprint density at radius 3 is 2.49 bits per heavy atom. The number of hydrogen-bond donors (Lipinski definition) is 3. The molecular weight excluding hydrogens is 554 g/mol. The zero-order valence-electron chi connectivity index (χ0n) is 24.7. The summed E-state index contributed by atoms with van der Waals surface area (Å²) >= 11 is 0. The summed E-state index contributed by atoms with van der Waals surface area (Å²) in [5, 5.41) is 0. The van der Waals surface area contributed by atoms with Gasteiger partial charge in [0.05, 0.1) is 27.4 Å². The fourth-order valence-electron chi connectivity index (χ4n) is 4.60. The van der Waals surface area contributed by atoms with Crippen molar-refractivity contribution >= 4 is 27.9 Å². The zero-order valence-corrected chi connectivity index (χ0v) is 25.5. The van der Waals surface area contributed by atoms with Crippen LogP contribution in [0.1, 0.15) is 59.3 Å². The molecule has 1 aromatic carbocycles. The minimum atomic E-state index is -4.34. The van der Waals surface area contributed by atoms with Crippen LogP contribution in [0.25, 0.3) is 0 Å². The lowest BCUT2D eigenvalue weighted by Gasteiger charge is -2.38. The smallest absolute Gasteiger partial charge is 0.328 e. The number of carbonyl (C=O) groups is 2. The van der Waals surface area contributed by atoms with E-state index in [-0.39, 0.29) is 54.4 Å². The molecule has 5 N–H and O–H groups in total. The van der Waals surface area contributed by atoms with Crippen LogP contribution < -0.4 is 30.4 Å². The van der Waals surface area contributed by atoms with E-state index in [1.54, 1.807) is 6.92 Å². The number of carbonyl (C=O) groups excluding carboxylic acids is 2. The predicted octanol–water partition coefficient (Wildman–Crippen LogP) is 1.77. The van der Waals surface area contributed by atoms with Gasteiger partial charge in [-0.2, -0.15) is 4.72 Å². The molecule has 3 atom stereocenters. The van der Waals surface area contributed by atoms with Gasteiger partial charge in [-0.15, -0.1) is 0 Å². The maximum atomic E-state index is 13.9. The summed E-state index contributed by atoms with van der Waals surface area (Å²) in [6, 6.07) is 0.773. The molecule has 0 bridgehead atoms. The number of guanidine groups is 1. The number of hydrogen-bond acceptors (Lipinski definition) is 9. The summed E-state index contributed by atoms with van der Waals surface area (Å²) in [5.41, 5.74) is 10.8. The summed E-state index contributed by atoms with van der Waals surface area (Å²) in [7, 11) is -1.56. The number of nitrogens with two attached hydrogens (primary N) is 2. The van der Waals surface area contributed by atoms with Crippen molar-refractivity contribution in [2.24, 2.45) is 22.4 Å². The number of piperidine rings is 1. The van der Waals surface area contributed by atoms with Gasteiger partial charge in [0, 0.05) is 13.1 Å². The molecule has 14 heteroatoms. The fourth-order valence-corrected chi connectivity index (χ4v) is 5.99. The van der Waals surface area contributed by atoms with Crippen LogP contribution in [0.3, 0.4) is 0 Å². The maximum Gasteiger partial charge on any atom is 0.328 e. The lowest BCUT2D eigenvalue weighted by Crippen LogP contribution is -2.56.